The fourth-order valence-electron chi connectivity index (χ4n) is 1.01. The van der Waals surface area contributed by atoms with E-state index in [-0.39, 0.29) is 6.10 Å². The average Bonchev–Trinajstić information content (AvgIpc) is 2.92. The van der Waals surface area contributed by atoms with Gasteiger partial charge in [-0.1, -0.05) is 0 Å². The summed E-state index contributed by atoms with van der Waals surface area (Å²) in [6, 6.07) is 1.22. The first-order valence-corrected chi connectivity index (χ1v) is 4.16. The summed E-state index contributed by atoms with van der Waals surface area (Å²) in [5.74, 6) is 0.366. The third-order valence-electron chi connectivity index (χ3n) is 1.84. The Balaban J connectivity index is 2.21. The summed E-state index contributed by atoms with van der Waals surface area (Å²) >= 11 is 0. The topological polar surface area (TPSA) is 31.4 Å². The summed E-state index contributed by atoms with van der Waals surface area (Å²) < 4.78 is 23.0. The van der Waals surface area contributed by atoms with Crippen LogP contribution in [0.3, 0.4) is 0 Å². The fraction of sp³-hybridized carbons (Fsp3) is 0.444. The lowest BCUT2D eigenvalue weighted by molar-refractivity contribution is 0.279. The number of hydrogen-bond acceptors (Lipinski definition) is 3. The van der Waals surface area contributed by atoms with E-state index in [2.05, 4.69) is 4.98 Å². The zero-order chi connectivity index (χ0) is 9.26. The maximum absolute atomic E-state index is 12.6. The molecule has 1 aliphatic carbocycles. The molecule has 0 unspecified atom stereocenters. The monoisotopic (exact) mass is 183 g/mol. The molecule has 0 N–H and O–H groups in total. The van der Waals surface area contributed by atoms with Gasteiger partial charge in [0.15, 0.2) is 11.5 Å². The van der Waals surface area contributed by atoms with Gasteiger partial charge in [-0.15, -0.1) is 0 Å². The molecule has 0 saturated heterocycles. The molecule has 0 aliphatic heterocycles. The van der Waals surface area contributed by atoms with Gasteiger partial charge in [0.05, 0.1) is 19.4 Å². The van der Waals surface area contributed by atoms with Crippen LogP contribution < -0.4 is 9.47 Å². The maximum Gasteiger partial charge on any atom is 0.216 e. The molecular formula is C9H10FNO2. The third kappa shape index (κ3) is 1.88. The molecule has 1 aliphatic rings. The number of aromatic nitrogens is 1. The zero-order valence-electron chi connectivity index (χ0n) is 7.29. The van der Waals surface area contributed by atoms with E-state index in [1.54, 1.807) is 0 Å². The molecule has 1 fully saturated rings. The minimum Gasteiger partial charge on any atom is -0.493 e. The number of rotatable bonds is 3. The van der Waals surface area contributed by atoms with Gasteiger partial charge in [0.25, 0.3) is 0 Å². The highest BCUT2D eigenvalue weighted by Crippen LogP contribution is 2.32. The van der Waals surface area contributed by atoms with Crippen molar-refractivity contribution in [3.63, 3.8) is 0 Å². The van der Waals surface area contributed by atoms with Crippen LogP contribution in [0.25, 0.3) is 0 Å². The molecule has 2 rings (SSSR count). The summed E-state index contributed by atoms with van der Waals surface area (Å²) in [5.41, 5.74) is 0. The molecule has 1 aromatic rings. The summed E-state index contributed by atoms with van der Waals surface area (Å²) in [5, 5.41) is 0. The van der Waals surface area contributed by atoms with Crippen molar-refractivity contribution in [1.29, 1.82) is 0 Å². The van der Waals surface area contributed by atoms with Crippen molar-refractivity contribution in [2.45, 2.75) is 18.9 Å². The Morgan fingerprint density at radius 3 is 2.85 bits per heavy atom. The van der Waals surface area contributed by atoms with Crippen molar-refractivity contribution in [3.05, 3.63) is 18.2 Å². The van der Waals surface area contributed by atoms with Gasteiger partial charge in [-0.3, -0.25) is 0 Å². The van der Waals surface area contributed by atoms with Crippen LogP contribution in [0.15, 0.2) is 12.3 Å². The second kappa shape index (κ2) is 3.20. The van der Waals surface area contributed by atoms with Crippen molar-refractivity contribution in [3.8, 4) is 11.5 Å². The predicted octanol–water partition coefficient (Wildman–Crippen LogP) is 1.77. The Bertz CT molecular complexity index is 312. The fourth-order valence-corrected chi connectivity index (χ4v) is 1.01. The normalized spacial score (nSPS) is 15.5. The Hall–Kier alpha value is -1.32. The molecule has 4 heteroatoms. The van der Waals surface area contributed by atoms with Crippen molar-refractivity contribution in [2.24, 2.45) is 0 Å². The molecule has 1 heterocycles. The van der Waals surface area contributed by atoms with Crippen molar-refractivity contribution >= 4 is 0 Å². The second-order valence-electron chi connectivity index (χ2n) is 2.98. The molecular weight excluding hydrogens is 173 g/mol. The van der Waals surface area contributed by atoms with Crippen LogP contribution in [-0.2, 0) is 0 Å². The molecule has 1 saturated carbocycles. The molecule has 13 heavy (non-hydrogen) atoms. The molecule has 70 valence electrons. The number of methoxy groups -OCH3 is 1. The van der Waals surface area contributed by atoms with Gasteiger partial charge in [0.1, 0.15) is 0 Å². The molecule has 0 radical (unpaired) electrons. The predicted molar refractivity (Wildman–Crippen MR) is 44.4 cm³/mol. The van der Waals surface area contributed by atoms with Gasteiger partial charge in [-0.25, -0.2) is 4.98 Å². The van der Waals surface area contributed by atoms with E-state index >= 15 is 0 Å². The number of halogens is 1. The molecule has 0 atom stereocenters. The Labute approximate surface area is 75.5 Å². The van der Waals surface area contributed by atoms with Crippen LogP contribution in [0.2, 0.25) is 0 Å². The first kappa shape index (κ1) is 8.29. The quantitative estimate of drug-likeness (QED) is 0.669. The number of ether oxygens (including phenoxy) is 2. The SMILES string of the molecule is COc1cc(F)ncc1OC1CC1. The van der Waals surface area contributed by atoms with Crippen LogP contribution >= 0.6 is 0 Å². The summed E-state index contributed by atoms with van der Waals surface area (Å²) in [6.45, 7) is 0. The summed E-state index contributed by atoms with van der Waals surface area (Å²) in [6.07, 6.45) is 3.73. The minimum absolute atomic E-state index is 0.265. The van der Waals surface area contributed by atoms with Gasteiger partial charge in [-0.05, 0) is 12.8 Å². The lowest BCUT2D eigenvalue weighted by Crippen LogP contribution is -1.99. The van der Waals surface area contributed by atoms with Crippen LogP contribution in [0.1, 0.15) is 12.8 Å². The van der Waals surface area contributed by atoms with Gasteiger partial charge >= 0.3 is 0 Å². The minimum atomic E-state index is -0.556. The largest absolute Gasteiger partial charge is 0.493 e. The van der Waals surface area contributed by atoms with E-state index in [9.17, 15) is 4.39 Å². The molecule has 3 nitrogen and oxygen atoms in total. The summed E-state index contributed by atoms with van der Waals surface area (Å²) in [4.78, 5) is 3.50. The van der Waals surface area contributed by atoms with E-state index in [1.165, 1.54) is 19.4 Å². The van der Waals surface area contributed by atoms with Crippen LogP contribution in [0.4, 0.5) is 4.39 Å². The lowest BCUT2D eigenvalue weighted by atomic mass is 10.4. The molecule has 0 aromatic carbocycles. The zero-order valence-corrected chi connectivity index (χ0v) is 7.29. The van der Waals surface area contributed by atoms with E-state index < -0.39 is 5.95 Å². The van der Waals surface area contributed by atoms with Crippen molar-refractivity contribution in [1.82, 2.24) is 4.98 Å². The van der Waals surface area contributed by atoms with E-state index in [4.69, 9.17) is 9.47 Å². The molecule has 1 aromatic heterocycles. The number of nitrogens with zero attached hydrogens (tertiary/aromatic N) is 1. The smallest absolute Gasteiger partial charge is 0.216 e. The third-order valence-corrected chi connectivity index (χ3v) is 1.84. The summed E-state index contributed by atoms with van der Waals surface area (Å²) in [7, 11) is 1.48. The number of pyridine rings is 1. The Morgan fingerprint density at radius 1 is 1.46 bits per heavy atom. The van der Waals surface area contributed by atoms with Crippen molar-refractivity contribution in [2.75, 3.05) is 7.11 Å². The van der Waals surface area contributed by atoms with E-state index in [0.717, 1.165) is 12.8 Å². The molecule has 0 spiro atoms. The highest BCUT2D eigenvalue weighted by molar-refractivity contribution is 5.37. The molecule has 0 bridgehead atoms. The second-order valence-corrected chi connectivity index (χ2v) is 2.98. The van der Waals surface area contributed by atoms with Crippen LogP contribution in [0, 0.1) is 5.95 Å². The average molecular weight is 183 g/mol. The van der Waals surface area contributed by atoms with E-state index in [1.807, 2.05) is 0 Å². The maximum atomic E-state index is 12.6. The van der Waals surface area contributed by atoms with Gasteiger partial charge in [-0.2, -0.15) is 4.39 Å². The lowest BCUT2D eigenvalue weighted by Gasteiger charge is -2.08. The van der Waals surface area contributed by atoms with Crippen LogP contribution in [-0.4, -0.2) is 18.2 Å². The first-order valence-electron chi connectivity index (χ1n) is 4.16. The van der Waals surface area contributed by atoms with Crippen molar-refractivity contribution < 1.29 is 13.9 Å². The molecule has 0 amide bonds. The van der Waals surface area contributed by atoms with E-state index in [0.29, 0.717) is 11.5 Å². The van der Waals surface area contributed by atoms with Gasteiger partial charge < -0.3 is 9.47 Å². The Kier molecular flexibility index (Phi) is 2.04. The highest BCUT2D eigenvalue weighted by Gasteiger charge is 2.25. The van der Waals surface area contributed by atoms with Gasteiger partial charge in [0, 0.05) is 6.07 Å². The van der Waals surface area contributed by atoms with Crippen LogP contribution in [0.5, 0.6) is 11.5 Å². The Morgan fingerprint density at radius 2 is 2.23 bits per heavy atom. The standard InChI is InChI=1S/C9H10FNO2/c1-12-7-4-9(10)11-5-8(7)13-6-2-3-6/h4-6H,2-3H2,1H3. The highest BCUT2D eigenvalue weighted by atomic mass is 19.1. The first-order chi connectivity index (χ1) is 6.29. The number of hydrogen-bond donors (Lipinski definition) is 0. The van der Waals surface area contributed by atoms with Gasteiger partial charge in [0.2, 0.25) is 5.95 Å².